The van der Waals surface area contributed by atoms with Gasteiger partial charge in [0.25, 0.3) is 0 Å². The first-order valence-electron chi connectivity index (χ1n) is 5.48. The number of hydrogen-bond donors (Lipinski definition) is 0. The van der Waals surface area contributed by atoms with Gasteiger partial charge in [0.1, 0.15) is 5.69 Å². The summed E-state index contributed by atoms with van der Waals surface area (Å²) >= 11 is 0. The van der Waals surface area contributed by atoms with E-state index in [1.54, 1.807) is 12.3 Å². The SMILES string of the molecule is CC(C)Oc1ccnc(C=O)c1OC1CC1. The van der Waals surface area contributed by atoms with Gasteiger partial charge >= 0.3 is 0 Å². The second kappa shape index (κ2) is 4.51. The lowest BCUT2D eigenvalue weighted by molar-refractivity contribution is 0.111. The van der Waals surface area contributed by atoms with Gasteiger partial charge in [0.15, 0.2) is 17.8 Å². The molecule has 0 amide bonds. The summed E-state index contributed by atoms with van der Waals surface area (Å²) in [7, 11) is 0. The van der Waals surface area contributed by atoms with Crippen LogP contribution in [0.25, 0.3) is 0 Å². The Labute approximate surface area is 94.6 Å². The second-order valence-electron chi connectivity index (χ2n) is 4.13. The van der Waals surface area contributed by atoms with Gasteiger partial charge in [0.05, 0.1) is 12.2 Å². The topological polar surface area (TPSA) is 48.4 Å². The highest BCUT2D eigenvalue weighted by molar-refractivity contribution is 5.78. The summed E-state index contributed by atoms with van der Waals surface area (Å²) in [5, 5.41) is 0. The standard InChI is InChI=1S/C12H15NO3/c1-8(2)15-11-5-6-13-10(7-14)12(11)16-9-3-4-9/h5-9H,3-4H2,1-2H3. The molecule has 0 N–H and O–H groups in total. The molecule has 0 atom stereocenters. The average Bonchev–Trinajstić information content (AvgIpc) is 3.03. The highest BCUT2D eigenvalue weighted by Gasteiger charge is 2.27. The summed E-state index contributed by atoms with van der Waals surface area (Å²) in [6, 6.07) is 1.73. The van der Waals surface area contributed by atoms with Crippen LogP contribution in [0.2, 0.25) is 0 Å². The summed E-state index contributed by atoms with van der Waals surface area (Å²) in [6.07, 6.45) is 4.59. The third kappa shape index (κ3) is 2.51. The van der Waals surface area contributed by atoms with Gasteiger partial charge in [0, 0.05) is 12.3 Å². The van der Waals surface area contributed by atoms with Gasteiger partial charge in [0.2, 0.25) is 0 Å². The number of hydrogen-bond acceptors (Lipinski definition) is 4. The van der Waals surface area contributed by atoms with Gasteiger partial charge in [-0.25, -0.2) is 4.98 Å². The van der Waals surface area contributed by atoms with Crippen molar-refractivity contribution < 1.29 is 14.3 Å². The number of carbonyl (C=O) groups is 1. The Morgan fingerprint density at radius 2 is 2.25 bits per heavy atom. The molecule has 1 aliphatic rings. The van der Waals surface area contributed by atoms with E-state index in [-0.39, 0.29) is 12.2 Å². The Balaban J connectivity index is 2.28. The third-order valence-corrected chi connectivity index (χ3v) is 2.18. The van der Waals surface area contributed by atoms with Gasteiger partial charge in [-0.15, -0.1) is 0 Å². The van der Waals surface area contributed by atoms with Crippen LogP contribution in [0.15, 0.2) is 12.3 Å². The van der Waals surface area contributed by atoms with Crippen LogP contribution in [0.4, 0.5) is 0 Å². The maximum atomic E-state index is 10.9. The lowest BCUT2D eigenvalue weighted by atomic mass is 10.3. The molecule has 16 heavy (non-hydrogen) atoms. The number of rotatable bonds is 5. The van der Waals surface area contributed by atoms with Crippen LogP contribution in [-0.2, 0) is 0 Å². The van der Waals surface area contributed by atoms with E-state index in [1.165, 1.54) is 0 Å². The minimum Gasteiger partial charge on any atom is -0.487 e. The van der Waals surface area contributed by atoms with Crippen LogP contribution in [0.3, 0.4) is 0 Å². The minimum atomic E-state index is 0.0449. The summed E-state index contributed by atoms with van der Waals surface area (Å²) in [4.78, 5) is 14.8. The molecule has 1 fully saturated rings. The molecule has 0 saturated heterocycles. The van der Waals surface area contributed by atoms with Crippen LogP contribution in [0.1, 0.15) is 37.2 Å². The lowest BCUT2D eigenvalue weighted by Crippen LogP contribution is -2.10. The Bertz CT molecular complexity index is 386. The number of ether oxygens (including phenoxy) is 2. The van der Waals surface area contributed by atoms with Crippen LogP contribution in [0, 0.1) is 0 Å². The quantitative estimate of drug-likeness (QED) is 0.715. The molecule has 0 radical (unpaired) electrons. The Morgan fingerprint density at radius 1 is 1.50 bits per heavy atom. The van der Waals surface area contributed by atoms with E-state index < -0.39 is 0 Å². The Morgan fingerprint density at radius 3 is 2.81 bits per heavy atom. The van der Waals surface area contributed by atoms with Gasteiger partial charge < -0.3 is 9.47 Å². The van der Waals surface area contributed by atoms with E-state index in [4.69, 9.17) is 9.47 Å². The molecule has 0 bridgehead atoms. The fourth-order valence-electron chi connectivity index (χ4n) is 1.35. The van der Waals surface area contributed by atoms with Gasteiger partial charge in [-0.05, 0) is 26.7 Å². The van der Waals surface area contributed by atoms with Gasteiger partial charge in [-0.2, -0.15) is 0 Å². The van der Waals surface area contributed by atoms with E-state index in [0.29, 0.717) is 23.5 Å². The fourth-order valence-corrected chi connectivity index (χ4v) is 1.35. The third-order valence-electron chi connectivity index (χ3n) is 2.18. The minimum absolute atomic E-state index is 0.0449. The zero-order chi connectivity index (χ0) is 11.5. The van der Waals surface area contributed by atoms with E-state index in [1.807, 2.05) is 13.8 Å². The second-order valence-corrected chi connectivity index (χ2v) is 4.13. The molecule has 1 heterocycles. The molecule has 4 heteroatoms. The number of aromatic nitrogens is 1. The maximum Gasteiger partial charge on any atom is 0.190 e. The molecule has 0 aliphatic heterocycles. The highest BCUT2D eigenvalue weighted by Crippen LogP contribution is 2.35. The molecule has 0 aromatic carbocycles. The van der Waals surface area contributed by atoms with Crippen molar-refractivity contribution in [3.05, 3.63) is 18.0 Å². The molecule has 0 spiro atoms. The van der Waals surface area contributed by atoms with Crippen molar-refractivity contribution in [2.75, 3.05) is 0 Å². The lowest BCUT2D eigenvalue weighted by Gasteiger charge is -2.15. The smallest absolute Gasteiger partial charge is 0.190 e. The molecule has 2 rings (SSSR count). The maximum absolute atomic E-state index is 10.9. The van der Waals surface area contributed by atoms with E-state index in [2.05, 4.69) is 4.98 Å². The van der Waals surface area contributed by atoms with Crippen molar-refractivity contribution in [2.45, 2.75) is 38.9 Å². The van der Waals surface area contributed by atoms with Crippen molar-refractivity contribution >= 4 is 6.29 Å². The Kier molecular flexibility index (Phi) is 3.08. The van der Waals surface area contributed by atoms with E-state index in [9.17, 15) is 4.79 Å². The number of aldehydes is 1. The number of nitrogens with zero attached hydrogens (tertiary/aromatic N) is 1. The van der Waals surface area contributed by atoms with E-state index in [0.717, 1.165) is 12.8 Å². The van der Waals surface area contributed by atoms with Crippen molar-refractivity contribution in [1.82, 2.24) is 4.98 Å². The van der Waals surface area contributed by atoms with E-state index >= 15 is 0 Å². The first-order chi connectivity index (χ1) is 7.70. The number of carbonyl (C=O) groups excluding carboxylic acids is 1. The predicted octanol–water partition coefficient (Wildman–Crippen LogP) is 2.22. The molecule has 0 unspecified atom stereocenters. The van der Waals surface area contributed by atoms with Crippen molar-refractivity contribution in [3.63, 3.8) is 0 Å². The molecular formula is C12H15NO3. The fraction of sp³-hybridized carbons (Fsp3) is 0.500. The van der Waals surface area contributed by atoms with Crippen LogP contribution in [-0.4, -0.2) is 23.5 Å². The molecule has 1 saturated carbocycles. The molecule has 1 aliphatic carbocycles. The molecule has 1 aromatic rings. The van der Waals surface area contributed by atoms with Crippen LogP contribution < -0.4 is 9.47 Å². The first-order valence-corrected chi connectivity index (χ1v) is 5.48. The van der Waals surface area contributed by atoms with Crippen molar-refractivity contribution in [1.29, 1.82) is 0 Å². The first kappa shape index (κ1) is 10.9. The van der Waals surface area contributed by atoms with Gasteiger partial charge in [-0.1, -0.05) is 0 Å². The molecule has 86 valence electrons. The highest BCUT2D eigenvalue weighted by atomic mass is 16.5. The van der Waals surface area contributed by atoms with Crippen molar-refractivity contribution in [3.8, 4) is 11.5 Å². The molecule has 1 aromatic heterocycles. The largest absolute Gasteiger partial charge is 0.487 e. The summed E-state index contributed by atoms with van der Waals surface area (Å²) < 4.78 is 11.3. The van der Waals surface area contributed by atoms with Crippen molar-refractivity contribution in [2.24, 2.45) is 0 Å². The predicted molar refractivity (Wildman–Crippen MR) is 59.0 cm³/mol. The summed E-state index contributed by atoms with van der Waals surface area (Å²) in [5.41, 5.74) is 0.310. The monoisotopic (exact) mass is 221 g/mol. The zero-order valence-corrected chi connectivity index (χ0v) is 9.47. The Hall–Kier alpha value is -1.58. The van der Waals surface area contributed by atoms with Crippen LogP contribution in [0.5, 0.6) is 11.5 Å². The summed E-state index contributed by atoms with van der Waals surface area (Å²) in [5.74, 6) is 1.08. The van der Waals surface area contributed by atoms with Gasteiger partial charge in [-0.3, -0.25) is 4.79 Å². The average molecular weight is 221 g/mol. The number of pyridine rings is 1. The molecular weight excluding hydrogens is 206 g/mol. The summed E-state index contributed by atoms with van der Waals surface area (Å²) in [6.45, 7) is 3.86. The normalized spacial score (nSPS) is 14.9. The van der Waals surface area contributed by atoms with Crippen LogP contribution >= 0.6 is 0 Å². The zero-order valence-electron chi connectivity index (χ0n) is 9.47. The molecule has 4 nitrogen and oxygen atoms in total.